The lowest BCUT2D eigenvalue weighted by atomic mass is 10.1. The van der Waals surface area contributed by atoms with Gasteiger partial charge in [0.05, 0.1) is 0 Å². The van der Waals surface area contributed by atoms with Gasteiger partial charge in [-0.2, -0.15) is 0 Å². The molecule has 1 saturated heterocycles. The fraction of sp³-hybridized carbons (Fsp3) is 0.692. The van der Waals surface area contributed by atoms with Crippen molar-refractivity contribution in [1.29, 1.82) is 0 Å². The highest BCUT2D eigenvalue weighted by molar-refractivity contribution is 5.85. The third-order valence-corrected chi connectivity index (χ3v) is 3.30. The van der Waals surface area contributed by atoms with Crippen LogP contribution in [0.5, 0.6) is 0 Å². The summed E-state index contributed by atoms with van der Waals surface area (Å²) in [6, 6.07) is 4.38. The van der Waals surface area contributed by atoms with E-state index in [-0.39, 0.29) is 18.4 Å². The first-order valence-electron chi connectivity index (χ1n) is 6.39. The lowest BCUT2D eigenvalue weighted by Gasteiger charge is -2.26. The maximum absolute atomic E-state index is 5.92. The number of nitrogens with zero attached hydrogens (tertiary/aromatic N) is 1. The van der Waals surface area contributed by atoms with E-state index < -0.39 is 0 Å². The van der Waals surface area contributed by atoms with Crippen LogP contribution in [-0.2, 0) is 6.42 Å². The van der Waals surface area contributed by atoms with Crippen LogP contribution in [0.2, 0.25) is 0 Å². The Hall–Kier alpha value is -0.670. The minimum Gasteiger partial charge on any atom is -0.446 e. The van der Waals surface area contributed by atoms with Crippen molar-refractivity contribution in [2.45, 2.75) is 45.1 Å². The monoisotopic (exact) mass is 258 g/mol. The van der Waals surface area contributed by atoms with Gasteiger partial charge in [-0.1, -0.05) is 6.92 Å². The first-order chi connectivity index (χ1) is 7.79. The lowest BCUT2D eigenvalue weighted by Crippen LogP contribution is -2.28. The summed E-state index contributed by atoms with van der Waals surface area (Å²) in [7, 11) is 0. The van der Waals surface area contributed by atoms with Gasteiger partial charge in [0.15, 0.2) is 5.88 Å². The van der Waals surface area contributed by atoms with Gasteiger partial charge in [0.1, 0.15) is 5.76 Å². The highest BCUT2D eigenvalue weighted by Crippen LogP contribution is 2.23. The second-order valence-electron chi connectivity index (χ2n) is 4.66. The van der Waals surface area contributed by atoms with E-state index >= 15 is 0 Å². The predicted molar refractivity (Wildman–Crippen MR) is 74.0 cm³/mol. The number of furan rings is 1. The van der Waals surface area contributed by atoms with Gasteiger partial charge in [0.25, 0.3) is 0 Å². The standard InChI is InChI=1S/C13H22N2O.ClH/c1-2-11(14)10-12-6-7-13(16-12)15-8-4-3-5-9-15;/h6-7,11H,2-5,8-10,14H2,1H3;1H. The molecule has 1 aliphatic rings. The van der Waals surface area contributed by atoms with Crippen LogP contribution in [0.3, 0.4) is 0 Å². The molecule has 1 aromatic heterocycles. The molecule has 1 unspecified atom stereocenters. The molecule has 1 aliphatic heterocycles. The number of nitrogens with two attached hydrogens (primary N) is 1. The van der Waals surface area contributed by atoms with Crippen LogP contribution in [-0.4, -0.2) is 19.1 Å². The van der Waals surface area contributed by atoms with Crippen molar-refractivity contribution in [2.75, 3.05) is 18.0 Å². The molecule has 0 aliphatic carbocycles. The SMILES string of the molecule is CCC(N)Cc1ccc(N2CCCCC2)o1.Cl. The van der Waals surface area contributed by atoms with E-state index in [2.05, 4.69) is 24.0 Å². The van der Waals surface area contributed by atoms with Crippen molar-refractivity contribution in [3.8, 4) is 0 Å². The third-order valence-electron chi connectivity index (χ3n) is 3.30. The van der Waals surface area contributed by atoms with Crippen LogP contribution in [0.4, 0.5) is 5.88 Å². The number of anilines is 1. The molecule has 3 nitrogen and oxygen atoms in total. The summed E-state index contributed by atoms with van der Waals surface area (Å²) in [4.78, 5) is 2.34. The molecule has 0 saturated carbocycles. The normalized spacial score (nSPS) is 17.6. The van der Waals surface area contributed by atoms with E-state index in [1.807, 2.05) is 0 Å². The van der Waals surface area contributed by atoms with E-state index in [4.69, 9.17) is 10.2 Å². The number of hydrogen-bond donors (Lipinski definition) is 1. The van der Waals surface area contributed by atoms with Crippen LogP contribution in [0.1, 0.15) is 38.4 Å². The molecule has 1 fully saturated rings. The van der Waals surface area contributed by atoms with Crippen LogP contribution < -0.4 is 10.6 Å². The molecule has 17 heavy (non-hydrogen) atoms. The van der Waals surface area contributed by atoms with Crippen LogP contribution >= 0.6 is 12.4 Å². The lowest BCUT2D eigenvalue weighted by molar-refractivity contribution is 0.456. The second kappa shape index (κ2) is 6.92. The van der Waals surface area contributed by atoms with Crippen LogP contribution in [0.25, 0.3) is 0 Å². The first kappa shape index (κ1) is 14.4. The zero-order chi connectivity index (χ0) is 11.4. The summed E-state index contributed by atoms with van der Waals surface area (Å²) in [5.41, 5.74) is 5.92. The van der Waals surface area contributed by atoms with Crippen LogP contribution in [0.15, 0.2) is 16.5 Å². The van der Waals surface area contributed by atoms with Gasteiger partial charge in [0, 0.05) is 31.6 Å². The predicted octanol–water partition coefficient (Wildman–Crippen LogP) is 2.97. The Kier molecular flexibility index (Phi) is 5.86. The Morgan fingerprint density at radius 3 is 2.65 bits per heavy atom. The zero-order valence-electron chi connectivity index (χ0n) is 10.5. The van der Waals surface area contributed by atoms with E-state index in [9.17, 15) is 0 Å². The Morgan fingerprint density at radius 1 is 1.29 bits per heavy atom. The highest BCUT2D eigenvalue weighted by Gasteiger charge is 2.14. The average molecular weight is 259 g/mol. The minimum absolute atomic E-state index is 0. The molecule has 1 aromatic rings. The fourth-order valence-corrected chi connectivity index (χ4v) is 2.16. The van der Waals surface area contributed by atoms with Gasteiger partial charge in [-0.25, -0.2) is 0 Å². The molecular weight excluding hydrogens is 236 g/mol. The second-order valence-corrected chi connectivity index (χ2v) is 4.66. The molecule has 2 rings (SSSR count). The van der Waals surface area contributed by atoms with Crippen molar-refractivity contribution in [3.63, 3.8) is 0 Å². The van der Waals surface area contributed by atoms with E-state index in [0.29, 0.717) is 0 Å². The molecule has 0 amide bonds. The highest BCUT2D eigenvalue weighted by atomic mass is 35.5. The van der Waals surface area contributed by atoms with Crippen molar-refractivity contribution >= 4 is 18.3 Å². The fourth-order valence-electron chi connectivity index (χ4n) is 2.16. The maximum Gasteiger partial charge on any atom is 0.195 e. The van der Waals surface area contributed by atoms with E-state index in [0.717, 1.165) is 37.6 Å². The number of rotatable bonds is 4. The average Bonchev–Trinajstić information content (AvgIpc) is 2.78. The Morgan fingerprint density at radius 2 is 2.00 bits per heavy atom. The maximum atomic E-state index is 5.92. The molecule has 2 N–H and O–H groups in total. The van der Waals surface area contributed by atoms with Crippen molar-refractivity contribution in [1.82, 2.24) is 0 Å². The summed E-state index contributed by atoms with van der Waals surface area (Å²) in [5.74, 6) is 2.05. The summed E-state index contributed by atoms with van der Waals surface area (Å²) < 4.78 is 5.84. The van der Waals surface area contributed by atoms with Gasteiger partial charge in [-0.05, 0) is 31.7 Å². The Bertz CT molecular complexity index is 321. The van der Waals surface area contributed by atoms with Gasteiger partial charge in [-0.3, -0.25) is 0 Å². The topological polar surface area (TPSA) is 42.4 Å². The Labute approximate surface area is 110 Å². The third kappa shape index (κ3) is 3.93. The molecule has 0 radical (unpaired) electrons. The largest absolute Gasteiger partial charge is 0.446 e. The zero-order valence-corrected chi connectivity index (χ0v) is 11.3. The minimum atomic E-state index is 0. The molecule has 0 spiro atoms. The molecule has 1 atom stereocenters. The number of piperidine rings is 1. The molecule has 2 heterocycles. The van der Waals surface area contributed by atoms with E-state index in [1.165, 1.54) is 19.3 Å². The summed E-state index contributed by atoms with van der Waals surface area (Å²) in [6.45, 7) is 4.37. The molecular formula is C13H23ClN2O. The Balaban J connectivity index is 0.00000144. The summed E-state index contributed by atoms with van der Waals surface area (Å²) >= 11 is 0. The van der Waals surface area contributed by atoms with Gasteiger partial charge in [0.2, 0.25) is 0 Å². The van der Waals surface area contributed by atoms with Gasteiger partial charge in [-0.15, -0.1) is 12.4 Å². The summed E-state index contributed by atoms with van der Waals surface area (Å²) in [5, 5.41) is 0. The van der Waals surface area contributed by atoms with Crippen LogP contribution in [0, 0.1) is 0 Å². The number of halogens is 1. The molecule has 0 bridgehead atoms. The van der Waals surface area contributed by atoms with E-state index in [1.54, 1.807) is 0 Å². The molecule has 98 valence electrons. The molecule has 0 aromatic carbocycles. The smallest absolute Gasteiger partial charge is 0.195 e. The first-order valence-corrected chi connectivity index (χ1v) is 6.39. The number of hydrogen-bond acceptors (Lipinski definition) is 3. The van der Waals surface area contributed by atoms with Crippen molar-refractivity contribution in [3.05, 3.63) is 17.9 Å². The molecule has 4 heteroatoms. The van der Waals surface area contributed by atoms with Crippen molar-refractivity contribution < 1.29 is 4.42 Å². The summed E-state index contributed by atoms with van der Waals surface area (Å²) in [6.07, 6.45) is 5.77. The van der Waals surface area contributed by atoms with Gasteiger partial charge >= 0.3 is 0 Å². The van der Waals surface area contributed by atoms with Gasteiger partial charge < -0.3 is 15.1 Å². The quantitative estimate of drug-likeness (QED) is 0.903. The van der Waals surface area contributed by atoms with Crippen molar-refractivity contribution in [2.24, 2.45) is 5.73 Å².